The molecule has 4 rings (SSSR count). The van der Waals surface area contributed by atoms with Gasteiger partial charge >= 0.3 is 0 Å². The van der Waals surface area contributed by atoms with Crippen LogP contribution in [0.3, 0.4) is 0 Å². The largest absolute Gasteiger partial charge is 0.497 e. The second-order valence-electron chi connectivity index (χ2n) is 6.91. The van der Waals surface area contributed by atoms with Gasteiger partial charge in [0.15, 0.2) is 0 Å². The van der Waals surface area contributed by atoms with E-state index in [1.54, 1.807) is 12.0 Å². The fourth-order valence-corrected chi connectivity index (χ4v) is 3.46. The predicted octanol–water partition coefficient (Wildman–Crippen LogP) is 3.63. The van der Waals surface area contributed by atoms with E-state index in [4.69, 9.17) is 14.0 Å². The van der Waals surface area contributed by atoms with E-state index in [1.807, 2.05) is 54.6 Å². The normalized spacial score (nSPS) is 16.2. The van der Waals surface area contributed by atoms with Crippen molar-refractivity contribution >= 4 is 5.91 Å². The first-order chi connectivity index (χ1) is 14.2. The van der Waals surface area contributed by atoms with Crippen molar-refractivity contribution in [3.63, 3.8) is 0 Å². The lowest BCUT2D eigenvalue weighted by Crippen LogP contribution is -2.33. The highest BCUT2D eigenvalue weighted by Crippen LogP contribution is 2.32. The maximum Gasteiger partial charge on any atom is 0.249 e. The smallest absolute Gasteiger partial charge is 0.249 e. The molecule has 2 aromatic carbocycles. The Balaban J connectivity index is 1.39. The third kappa shape index (κ3) is 4.46. The number of ether oxygens (including phenoxy) is 2. The van der Waals surface area contributed by atoms with Gasteiger partial charge in [0.1, 0.15) is 18.4 Å². The quantitative estimate of drug-likeness (QED) is 0.610. The average molecular weight is 393 g/mol. The van der Waals surface area contributed by atoms with Gasteiger partial charge in [0.2, 0.25) is 17.6 Å². The first kappa shape index (κ1) is 19.1. The summed E-state index contributed by atoms with van der Waals surface area (Å²) in [4.78, 5) is 19.0. The first-order valence-corrected chi connectivity index (χ1v) is 9.64. The van der Waals surface area contributed by atoms with Gasteiger partial charge in [-0.3, -0.25) is 4.79 Å². The zero-order valence-electron chi connectivity index (χ0n) is 16.3. The van der Waals surface area contributed by atoms with E-state index in [1.165, 1.54) is 0 Å². The molecule has 2 heterocycles. The molecule has 7 nitrogen and oxygen atoms in total. The number of nitrogens with zero attached hydrogens (tertiary/aromatic N) is 3. The minimum absolute atomic E-state index is 0.0326. The summed E-state index contributed by atoms with van der Waals surface area (Å²) in [5.74, 6) is 1.67. The molecule has 1 aliphatic heterocycles. The number of likely N-dealkylation sites (tertiary alicyclic amines) is 1. The Morgan fingerprint density at radius 2 is 1.97 bits per heavy atom. The van der Waals surface area contributed by atoms with Crippen molar-refractivity contribution in [3.8, 4) is 17.1 Å². The van der Waals surface area contributed by atoms with Gasteiger partial charge in [0.25, 0.3) is 0 Å². The Labute approximate surface area is 169 Å². The molecule has 7 heteroatoms. The maximum atomic E-state index is 12.7. The molecule has 3 aromatic rings. The number of methoxy groups -OCH3 is 1. The van der Waals surface area contributed by atoms with E-state index >= 15 is 0 Å². The molecule has 0 saturated carbocycles. The number of rotatable bonds is 7. The van der Waals surface area contributed by atoms with Crippen molar-refractivity contribution in [1.82, 2.24) is 15.0 Å². The van der Waals surface area contributed by atoms with Gasteiger partial charge in [-0.25, -0.2) is 0 Å². The van der Waals surface area contributed by atoms with E-state index in [-0.39, 0.29) is 18.6 Å². The molecule has 150 valence electrons. The summed E-state index contributed by atoms with van der Waals surface area (Å²) in [6.45, 7) is 1.11. The molecule has 0 N–H and O–H groups in total. The Bertz CT molecular complexity index is 940. The maximum absolute atomic E-state index is 12.7. The lowest BCUT2D eigenvalue weighted by Gasteiger charge is -2.21. The van der Waals surface area contributed by atoms with Gasteiger partial charge in [0, 0.05) is 12.1 Å². The topological polar surface area (TPSA) is 77.7 Å². The van der Waals surface area contributed by atoms with Crippen LogP contribution in [0.15, 0.2) is 59.1 Å². The van der Waals surface area contributed by atoms with Gasteiger partial charge in [-0.2, -0.15) is 4.98 Å². The molecular formula is C22H23N3O4. The summed E-state index contributed by atoms with van der Waals surface area (Å²) in [6, 6.07) is 17.0. The summed E-state index contributed by atoms with van der Waals surface area (Å²) in [5, 5.41) is 4.09. The molecule has 1 saturated heterocycles. The van der Waals surface area contributed by atoms with Gasteiger partial charge in [0.05, 0.1) is 13.7 Å². The summed E-state index contributed by atoms with van der Waals surface area (Å²) in [6.07, 6.45) is 1.70. The highest BCUT2D eigenvalue weighted by molar-refractivity contribution is 5.78. The predicted molar refractivity (Wildman–Crippen MR) is 106 cm³/mol. The molecule has 0 unspecified atom stereocenters. The highest BCUT2D eigenvalue weighted by Gasteiger charge is 2.34. The Hall–Kier alpha value is -3.19. The van der Waals surface area contributed by atoms with Gasteiger partial charge in [-0.05, 0) is 42.7 Å². The van der Waals surface area contributed by atoms with Crippen LogP contribution in [0.25, 0.3) is 11.4 Å². The molecular weight excluding hydrogens is 370 g/mol. The average Bonchev–Trinajstić information content (AvgIpc) is 3.44. The van der Waals surface area contributed by atoms with Crippen molar-refractivity contribution in [2.75, 3.05) is 20.3 Å². The SMILES string of the molecule is COc1ccc(-c2noc([C@H]3CCCN3C(=O)COCc3ccccc3)n2)cc1. The van der Waals surface area contributed by atoms with Crippen LogP contribution in [0.5, 0.6) is 5.75 Å². The number of benzene rings is 2. The van der Waals surface area contributed by atoms with Crippen LogP contribution in [-0.4, -0.2) is 41.2 Å². The molecule has 1 atom stereocenters. The molecule has 0 aliphatic carbocycles. The highest BCUT2D eigenvalue weighted by atomic mass is 16.5. The van der Waals surface area contributed by atoms with Crippen molar-refractivity contribution < 1.29 is 18.8 Å². The molecule has 1 fully saturated rings. The minimum atomic E-state index is -0.206. The summed E-state index contributed by atoms with van der Waals surface area (Å²) < 4.78 is 16.3. The monoisotopic (exact) mass is 393 g/mol. The molecule has 1 aromatic heterocycles. The van der Waals surface area contributed by atoms with Gasteiger partial charge in [-0.15, -0.1) is 0 Å². The zero-order chi connectivity index (χ0) is 20.1. The minimum Gasteiger partial charge on any atom is -0.497 e. The number of hydrogen-bond donors (Lipinski definition) is 0. The lowest BCUT2D eigenvalue weighted by atomic mass is 10.2. The van der Waals surface area contributed by atoms with Crippen molar-refractivity contribution in [1.29, 1.82) is 0 Å². The second kappa shape index (κ2) is 8.87. The van der Waals surface area contributed by atoms with Crippen LogP contribution in [0.2, 0.25) is 0 Å². The molecule has 29 heavy (non-hydrogen) atoms. The van der Waals surface area contributed by atoms with Crippen LogP contribution in [-0.2, 0) is 16.1 Å². The van der Waals surface area contributed by atoms with Crippen LogP contribution in [0, 0.1) is 0 Å². The van der Waals surface area contributed by atoms with E-state index in [2.05, 4.69) is 10.1 Å². The third-order valence-electron chi connectivity index (χ3n) is 4.99. The number of carbonyl (C=O) groups is 1. The fraction of sp³-hybridized carbons (Fsp3) is 0.318. The van der Waals surface area contributed by atoms with Crippen molar-refractivity contribution in [2.24, 2.45) is 0 Å². The van der Waals surface area contributed by atoms with Crippen LogP contribution in [0.4, 0.5) is 0 Å². The Kier molecular flexibility index (Phi) is 5.86. The van der Waals surface area contributed by atoms with E-state index in [0.717, 1.165) is 29.7 Å². The Morgan fingerprint density at radius 3 is 2.72 bits per heavy atom. The second-order valence-corrected chi connectivity index (χ2v) is 6.91. The third-order valence-corrected chi connectivity index (χ3v) is 4.99. The zero-order valence-corrected chi connectivity index (χ0v) is 16.3. The molecule has 0 radical (unpaired) electrons. The number of carbonyl (C=O) groups excluding carboxylic acids is 1. The van der Waals surface area contributed by atoms with Gasteiger partial charge < -0.3 is 18.9 Å². The van der Waals surface area contributed by atoms with E-state index in [0.29, 0.717) is 24.9 Å². The summed E-state index contributed by atoms with van der Waals surface area (Å²) >= 11 is 0. The number of hydrogen-bond acceptors (Lipinski definition) is 6. The van der Waals surface area contributed by atoms with E-state index in [9.17, 15) is 4.79 Å². The standard InChI is InChI=1S/C22H23N3O4/c1-27-18-11-9-17(10-12-18)21-23-22(29-24-21)19-8-5-13-25(19)20(26)15-28-14-16-6-3-2-4-7-16/h2-4,6-7,9-12,19H,5,8,13-15H2,1H3/t19-/m1/s1. The lowest BCUT2D eigenvalue weighted by molar-refractivity contribution is -0.138. The molecule has 1 amide bonds. The summed E-state index contributed by atoms with van der Waals surface area (Å²) in [5.41, 5.74) is 1.88. The fourth-order valence-electron chi connectivity index (χ4n) is 3.46. The first-order valence-electron chi connectivity index (χ1n) is 9.64. The van der Waals surface area contributed by atoms with Crippen LogP contribution in [0.1, 0.15) is 30.3 Å². The van der Waals surface area contributed by atoms with Gasteiger partial charge in [-0.1, -0.05) is 35.5 Å². The number of aromatic nitrogens is 2. The van der Waals surface area contributed by atoms with Crippen molar-refractivity contribution in [3.05, 3.63) is 66.1 Å². The molecule has 0 bridgehead atoms. The van der Waals surface area contributed by atoms with Crippen LogP contribution < -0.4 is 4.74 Å². The molecule has 0 spiro atoms. The van der Waals surface area contributed by atoms with E-state index < -0.39 is 0 Å². The number of amides is 1. The van der Waals surface area contributed by atoms with Crippen LogP contribution >= 0.6 is 0 Å². The Morgan fingerprint density at radius 1 is 1.17 bits per heavy atom. The van der Waals surface area contributed by atoms with Crippen molar-refractivity contribution in [2.45, 2.75) is 25.5 Å². The summed E-state index contributed by atoms with van der Waals surface area (Å²) in [7, 11) is 1.62. The molecule has 1 aliphatic rings.